The largest absolute Gasteiger partial charge is 0.391 e. The molecule has 0 saturated heterocycles. The Labute approximate surface area is 287 Å². The van der Waals surface area contributed by atoms with E-state index in [9.17, 15) is 0 Å². The summed E-state index contributed by atoms with van der Waals surface area (Å²) in [6.07, 6.45) is 0. The molecule has 6 aromatic carbocycles. The highest BCUT2D eigenvalue weighted by molar-refractivity contribution is 6.80. The Morgan fingerprint density at radius 1 is 0.438 bits per heavy atom. The van der Waals surface area contributed by atoms with Crippen molar-refractivity contribution < 1.29 is 8.85 Å². The highest BCUT2D eigenvalue weighted by atomic mass is 28.4. The smallest absolute Gasteiger partial charge is 0.369 e. The molecular formula is C43H44N2O2Si. The lowest BCUT2D eigenvalue weighted by molar-refractivity contribution is 0.202. The Morgan fingerprint density at radius 3 is 1.10 bits per heavy atom. The quantitative estimate of drug-likeness (QED) is 0.123. The molecule has 0 saturated carbocycles. The van der Waals surface area contributed by atoms with E-state index in [1.807, 2.05) is 13.8 Å². The molecular weight excluding hydrogens is 605 g/mol. The van der Waals surface area contributed by atoms with Crippen molar-refractivity contribution in [3.8, 4) is 11.1 Å². The van der Waals surface area contributed by atoms with Gasteiger partial charge >= 0.3 is 8.56 Å². The van der Waals surface area contributed by atoms with Crippen LogP contribution in [0.5, 0.6) is 0 Å². The molecule has 0 aliphatic heterocycles. The van der Waals surface area contributed by atoms with Crippen molar-refractivity contribution >= 4 is 47.9 Å². The van der Waals surface area contributed by atoms with Gasteiger partial charge in [-0.2, -0.15) is 0 Å². The molecule has 48 heavy (non-hydrogen) atoms. The van der Waals surface area contributed by atoms with Crippen molar-refractivity contribution in [2.75, 3.05) is 23.0 Å². The van der Waals surface area contributed by atoms with Crippen LogP contribution in [0.25, 0.3) is 11.1 Å². The Hall–Kier alpha value is -4.94. The van der Waals surface area contributed by atoms with Gasteiger partial charge in [0.05, 0.1) is 0 Å². The first-order valence-electron chi connectivity index (χ1n) is 16.8. The van der Waals surface area contributed by atoms with Gasteiger partial charge in [0.15, 0.2) is 0 Å². The predicted octanol–water partition coefficient (Wildman–Crippen LogP) is 11.3. The molecule has 0 spiro atoms. The summed E-state index contributed by atoms with van der Waals surface area (Å²) in [5.41, 5.74) is 11.6. The van der Waals surface area contributed by atoms with Crippen LogP contribution in [0.15, 0.2) is 152 Å². The van der Waals surface area contributed by atoms with Gasteiger partial charge in [-0.3, -0.25) is 0 Å². The van der Waals surface area contributed by atoms with Gasteiger partial charge in [0.2, 0.25) is 0 Å². The monoisotopic (exact) mass is 648 g/mol. The van der Waals surface area contributed by atoms with Gasteiger partial charge in [-0.1, -0.05) is 78.9 Å². The van der Waals surface area contributed by atoms with E-state index in [-0.39, 0.29) is 0 Å². The van der Waals surface area contributed by atoms with E-state index in [0.717, 1.165) is 39.3 Å². The summed E-state index contributed by atoms with van der Waals surface area (Å²) < 4.78 is 12.3. The fourth-order valence-corrected chi connectivity index (χ4v) is 8.77. The standard InChI is InChI=1S/C43H44N2O2Si/c1-6-46-48(5,47-7-2)41-27-23-38(24-28-41)45(37-21-15-10-16-22-37)40-26-30-43(34(4)32-40)42-29-25-39(31-33(42)3)44(35-17-11-8-12-18-35)36-19-13-9-14-20-36/h8-32H,6-7H2,1-5H3. The van der Waals surface area contributed by atoms with Crippen LogP contribution in [0.1, 0.15) is 25.0 Å². The zero-order valence-corrected chi connectivity index (χ0v) is 29.6. The minimum absolute atomic E-state index is 0.632. The van der Waals surface area contributed by atoms with Crippen LogP contribution < -0.4 is 15.0 Å². The molecule has 242 valence electrons. The van der Waals surface area contributed by atoms with Crippen LogP contribution in [0.2, 0.25) is 6.55 Å². The Balaban J connectivity index is 1.35. The van der Waals surface area contributed by atoms with Gasteiger partial charge in [0, 0.05) is 47.3 Å². The predicted molar refractivity (Wildman–Crippen MR) is 205 cm³/mol. The van der Waals surface area contributed by atoms with Crippen LogP contribution in [0.4, 0.5) is 34.1 Å². The maximum absolute atomic E-state index is 6.17. The average Bonchev–Trinajstić information content (AvgIpc) is 3.11. The number of benzene rings is 6. The topological polar surface area (TPSA) is 24.9 Å². The molecule has 0 fully saturated rings. The summed E-state index contributed by atoms with van der Waals surface area (Å²) in [6.45, 7) is 11.9. The first-order chi connectivity index (χ1) is 23.4. The van der Waals surface area contributed by atoms with E-state index in [1.165, 1.54) is 22.3 Å². The first-order valence-corrected chi connectivity index (χ1v) is 19.1. The second kappa shape index (κ2) is 14.9. The van der Waals surface area contributed by atoms with Gasteiger partial charge in [0.25, 0.3) is 0 Å². The van der Waals surface area contributed by atoms with Crippen molar-refractivity contribution in [2.45, 2.75) is 34.2 Å². The molecule has 4 nitrogen and oxygen atoms in total. The third kappa shape index (κ3) is 6.99. The Morgan fingerprint density at radius 2 is 0.771 bits per heavy atom. The number of aryl methyl sites for hydroxylation is 2. The molecule has 0 aliphatic carbocycles. The van der Waals surface area contributed by atoms with Crippen molar-refractivity contribution in [3.05, 3.63) is 163 Å². The summed E-state index contributed by atoms with van der Waals surface area (Å²) in [5, 5.41) is 1.13. The molecule has 0 N–H and O–H groups in total. The molecule has 0 unspecified atom stereocenters. The lowest BCUT2D eigenvalue weighted by Crippen LogP contribution is -2.51. The van der Waals surface area contributed by atoms with E-state index in [4.69, 9.17) is 8.85 Å². The lowest BCUT2D eigenvalue weighted by atomic mass is 9.95. The van der Waals surface area contributed by atoms with Crippen LogP contribution >= 0.6 is 0 Å². The highest BCUT2D eigenvalue weighted by Crippen LogP contribution is 2.40. The number of hydrogen-bond acceptors (Lipinski definition) is 4. The number of nitrogens with zero attached hydrogens (tertiary/aromatic N) is 2. The van der Waals surface area contributed by atoms with Crippen molar-refractivity contribution in [3.63, 3.8) is 0 Å². The van der Waals surface area contributed by atoms with Gasteiger partial charge < -0.3 is 18.7 Å². The zero-order chi connectivity index (χ0) is 33.5. The molecule has 0 aliphatic rings. The van der Waals surface area contributed by atoms with Crippen LogP contribution in [0, 0.1) is 13.8 Å². The maximum atomic E-state index is 6.17. The summed E-state index contributed by atoms with van der Waals surface area (Å²) in [6, 6.07) is 53.9. The van der Waals surface area contributed by atoms with E-state index in [2.05, 4.69) is 182 Å². The molecule has 0 radical (unpaired) electrons. The number of para-hydroxylation sites is 3. The minimum Gasteiger partial charge on any atom is -0.391 e. The zero-order valence-electron chi connectivity index (χ0n) is 28.6. The normalized spacial score (nSPS) is 11.4. The van der Waals surface area contributed by atoms with E-state index < -0.39 is 8.56 Å². The molecule has 6 aromatic rings. The summed E-state index contributed by atoms with van der Waals surface area (Å²) in [7, 11) is -2.47. The van der Waals surface area contributed by atoms with Crippen LogP contribution in [-0.2, 0) is 8.85 Å². The average molecular weight is 649 g/mol. The second-order valence-electron chi connectivity index (χ2n) is 12.0. The number of anilines is 6. The second-order valence-corrected chi connectivity index (χ2v) is 15.1. The molecule has 0 amide bonds. The Kier molecular flexibility index (Phi) is 10.2. The highest BCUT2D eigenvalue weighted by Gasteiger charge is 2.33. The van der Waals surface area contributed by atoms with E-state index in [0.29, 0.717) is 13.2 Å². The van der Waals surface area contributed by atoms with Gasteiger partial charge in [0.1, 0.15) is 0 Å². The third-order valence-corrected chi connectivity index (χ3v) is 11.8. The molecule has 0 bridgehead atoms. The van der Waals surface area contributed by atoms with Crippen LogP contribution in [0.3, 0.4) is 0 Å². The molecule has 0 heterocycles. The van der Waals surface area contributed by atoms with Crippen molar-refractivity contribution in [2.24, 2.45) is 0 Å². The maximum Gasteiger partial charge on any atom is 0.369 e. The minimum atomic E-state index is -2.47. The number of rotatable bonds is 12. The SMILES string of the molecule is CCO[Si](C)(OCC)c1ccc(N(c2ccccc2)c2ccc(-c3ccc(N(c4ccccc4)c4ccccc4)cc3C)c(C)c2)cc1. The van der Waals surface area contributed by atoms with Gasteiger partial charge in [-0.25, -0.2) is 0 Å². The van der Waals surface area contributed by atoms with Gasteiger partial charge in [-0.15, -0.1) is 0 Å². The molecule has 0 atom stereocenters. The number of hydrogen-bond donors (Lipinski definition) is 0. The van der Waals surface area contributed by atoms with Gasteiger partial charge in [-0.05, 0) is 134 Å². The third-order valence-electron chi connectivity index (χ3n) is 8.76. The summed E-state index contributed by atoms with van der Waals surface area (Å²) in [5.74, 6) is 0. The molecule has 0 aromatic heterocycles. The van der Waals surface area contributed by atoms with E-state index in [1.54, 1.807) is 0 Å². The molecule has 5 heteroatoms. The fraction of sp³-hybridized carbons (Fsp3) is 0.163. The Bertz CT molecular complexity index is 1880. The van der Waals surface area contributed by atoms with Crippen molar-refractivity contribution in [1.29, 1.82) is 0 Å². The van der Waals surface area contributed by atoms with E-state index >= 15 is 0 Å². The summed E-state index contributed by atoms with van der Waals surface area (Å²) in [4.78, 5) is 4.62. The lowest BCUT2D eigenvalue weighted by Gasteiger charge is -2.29. The van der Waals surface area contributed by atoms with Crippen molar-refractivity contribution in [1.82, 2.24) is 0 Å². The van der Waals surface area contributed by atoms with Crippen LogP contribution in [-0.4, -0.2) is 21.8 Å². The molecule has 6 rings (SSSR count). The fourth-order valence-electron chi connectivity index (χ4n) is 6.48. The summed E-state index contributed by atoms with van der Waals surface area (Å²) >= 11 is 0. The first kappa shape index (κ1) is 33.0.